The summed E-state index contributed by atoms with van der Waals surface area (Å²) in [6.45, 7) is 2.85. The van der Waals surface area contributed by atoms with Gasteiger partial charge in [0.15, 0.2) is 0 Å². The smallest absolute Gasteiger partial charge is 0.411 e. The van der Waals surface area contributed by atoms with Gasteiger partial charge in [0.25, 0.3) is 0 Å². The van der Waals surface area contributed by atoms with Crippen LogP contribution >= 0.6 is 0 Å². The molecule has 1 heterocycles. The number of aliphatic imine (C=N–C) groups is 1. The highest BCUT2D eigenvalue weighted by Crippen LogP contribution is 2.23. The Kier molecular flexibility index (Phi) is 4.91. The van der Waals surface area contributed by atoms with Crippen LogP contribution in [-0.2, 0) is 16.1 Å². The number of likely N-dealkylation sites (tertiary alicyclic amines) is 1. The number of ether oxygens (including phenoxy) is 1. The number of benzene rings is 1. The molecule has 0 N–H and O–H groups in total. The number of hydrogen-bond acceptors (Lipinski definition) is 4. The van der Waals surface area contributed by atoms with Crippen molar-refractivity contribution in [1.82, 2.24) is 4.90 Å². The van der Waals surface area contributed by atoms with Crippen molar-refractivity contribution in [2.45, 2.75) is 32.5 Å². The summed E-state index contributed by atoms with van der Waals surface area (Å²) in [7, 11) is 0. The van der Waals surface area contributed by atoms with E-state index >= 15 is 0 Å². The number of carbonyl (C=O) groups is 1. The number of amides is 1. The molecule has 1 aliphatic rings. The zero-order chi connectivity index (χ0) is 14.4. The number of nitrogens with zero attached hydrogens (tertiary/aromatic N) is 2. The Morgan fingerprint density at radius 2 is 2.15 bits per heavy atom. The number of isocyanates is 1. The van der Waals surface area contributed by atoms with E-state index in [1.54, 1.807) is 0 Å². The maximum absolute atomic E-state index is 12.1. The SMILES string of the molecule is CC1CCC(N=C=O)N(C(=O)OCc2ccccc2)C1. The molecule has 1 aromatic rings. The maximum Gasteiger partial charge on any atom is 0.411 e. The van der Waals surface area contributed by atoms with Crippen molar-refractivity contribution in [3.05, 3.63) is 35.9 Å². The quantitative estimate of drug-likeness (QED) is 0.629. The number of rotatable bonds is 3. The molecule has 0 bridgehead atoms. The van der Waals surface area contributed by atoms with Crippen LogP contribution in [0.1, 0.15) is 25.3 Å². The Bertz CT molecular complexity index is 497. The monoisotopic (exact) mass is 274 g/mol. The van der Waals surface area contributed by atoms with Gasteiger partial charge in [0, 0.05) is 6.54 Å². The minimum Gasteiger partial charge on any atom is -0.444 e. The van der Waals surface area contributed by atoms with Gasteiger partial charge in [-0.15, -0.1) is 0 Å². The third-order valence-electron chi connectivity index (χ3n) is 3.43. The van der Waals surface area contributed by atoms with Gasteiger partial charge in [-0.1, -0.05) is 37.3 Å². The van der Waals surface area contributed by atoms with E-state index in [9.17, 15) is 9.59 Å². The lowest BCUT2D eigenvalue weighted by Crippen LogP contribution is -2.45. The van der Waals surface area contributed by atoms with Gasteiger partial charge < -0.3 is 4.74 Å². The molecule has 1 amide bonds. The second kappa shape index (κ2) is 6.87. The topological polar surface area (TPSA) is 59.0 Å². The lowest BCUT2D eigenvalue weighted by Gasteiger charge is -2.34. The highest BCUT2D eigenvalue weighted by Gasteiger charge is 2.30. The predicted molar refractivity (Wildman–Crippen MR) is 73.6 cm³/mol. The summed E-state index contributed by atoms with van der Waals surface area (Å²) in [6, 6.07) is 9.49. The van der Waals surface area contributed by atoms with Crippen LogP contribution in [0.3, 0.4) is 0 Å². The molecular weight excluding hydrogens is 256 g/mol. The van der Waals surface area contributed by atoms with E-state index in [0.717, 1.165) is 12.0 Å². The Labute approximate surface area is 118 Å². The normalized spacial score (nSPS) is 21.9. The van der Waals surface area contributed by atoms with Crippen molar-refractivity contribution in [2.75, 3.05) is 6.54 Å². The highest BCUT2D eigenvalue weighted by molar-refractivity contribution is 5.68. The molecule has 0 aromatic heterocycles. The van der Waals surface area contributed by atoms with Crippen LogP contribution in [0.15, 0.2) is 35.3 Å². The largest absolute Gasteiger partial charge is 0.444 e. The summed E-state index contributed by atoms with van der Waals surface area (Å²) in [4.78, 5) is 27.8. The standard InChI is InChI=1S/C15H18N2O3/c1-12-7-8-14(16-11-18)17(9-12)15(19)20-10-13-5-3-2-4-6-13/h2-6,12,14H,7-10H2,1H3. The first-order valence-electron chi connectivity index (χ1n) is 6.75. The molecule has 0 radical (unpaired) electrons. The summed E-state index contributed by atoms with van der Waals surface area (Å²) in [6.07, 6.45) is 2.29. The first-order chi connectivity index (χ1) is 9.70. The van der Waals surface area contributed by atoms with Crippen molar-refractivity contribution in [3.63, 3.8) is 0 Å². The van der Waals surface area contributed by atoms with Gasteiger partial charge in [0.05, 0.1) is 0 Å². The average Bonchev–Trinajstić information content (AvgIpc) is 2.48. The lowest BCUT2D eigenvalue weighted by atomic mass is 9.98. The fraction of sp³-hybridized carbons (Fsp3) is 0.467. The van der Waals surface area contributed by atoms with Crippen molar-refractivity contribution in [2.24, 2.45) is 10.9 Å². The van der Waals surface area contributed by atoms with Gasteiger partial charge in [-0.3, -0.25) is 4.90 Å². The van der Waals surface area contributed by atoms with E-state index in [0.29, 0.717) is 18.9 Å². The lowest BCUT2D eigenvalue weighted by molar-refractivity contribution is 0.0590. The Balaban J connectivity index is 1.96. The van der Waals surface area contributed by atoms with E-state index < -0.39 is 12.3 Å². The second-order valence-corrected chi connectivity index (χ2v) is 5.08. The van der Waals surface area contributed by atoms with Crippen LogP contribution in [0.2, 0.25) is 0 Å². The molecule has 20 heavy (non-hydrogen) atoms. The van der Waals surface area contributed by atoms with Crippen LogP contribution in [0.5, 0.6) is 0 Å². The van der Waals surface area contributed by atoms with E-state index in [4.69, 9.17) is 4.74 Å². The second-order valence-electron chi connectivity index (χ2n) is 5.08. The van der Waals surface area contributed by atoms with Gasteiger partial charge >= 0.3 is 6.09 Å². The zero-order valence-electron chi connectivity index (χ0n) is 11.5. The molecule has 0 aliphatic carbocycles. The first kappa shape index (κ1) is 14.3. The van der Waals surface area contributed by atoms with Gasteiger partial charge in [-0.25, -0.2) is 9.59 Å². The fourth-order valence-electron chi connectivity index (χ4n) is 2.33. The summed E-state index contributed by atoms with van der Waals surface area (Å²) in [5.41, 5.74) is 0.932. The number of piperidine rings is 1. The third kappa shape index (κ3) is 3.68. The molecule has 0 spiro atoms. The minimum atomic E-state index is -0.438. The van der Waals surface area contributed by atoms with E-state index in [1.165, 1.54) is 11.0 Å². The Morgan fingerprint density at radius 3 is 2.85 bits per heavy atom. The molecule has 106 valence electrons. The minimum absolute atomic E-state index is 0.224. The van der Waals surface area contributed by atoms with Crippen LogP contribution in [0.25, 0.3) is 0 Å². The van der Waals surface area contributed by atoms with Gasteiger partial charge in [-0.05, 0) is 24.3 Å². The van der Waals surface area contributed by atoms with Crippen molar-refractivity contribution in [3.8, 4) is 0 Å². The van der Waals surface area contributed by atoms with Gasteiger partial charge in [0.2, 0.25) is 6.08 Å². The van der Waals surface area contributed by atoms with Gasteiger partial charge in [-0.2, -0.15) is 4.99 Å². The molecule has 2 rings (SSSR count). The molecule has 2 atom stereocenters. The fourth-order valence-corrected chi connectivity index (χ4v) is 2.33. The Morgan fingerprint density at radius 1 is 1.40 bits per heavy atom. The zero-order valence-corrected chi connectivity index (χ0v) is 11.5. The molecule has 1 aliphatic heterocycles. The maximum atomic E-state index is 12.1. The molecule has 1 aromatic carbocycles. The number of carbonyl (C=O) groups excluding carboxylic acids is 2. The molecule has 1 saturated heterocycles. The third-order valence-corrected chi connectivity index (χ3v) is 3.43. The van der Waals surface area contributed by atoms with Crippen molar-refractivity contribution in [1.29, 1.82) is 0 Å². The molecule has 2 unspecified atom stereocenters. The summed E-state index contributed by atoms with van der Waals surface area (Å²) in [5, 5.41) is 0. The van der Waals surface area contributed by atoms with Gasteiger partial charge in [0.1, 0.15) is 12.8 Å². The molecule has 5 nitrogen and oxygen atoms in total. The number of hydrogen-bond donors (Lipinski definition) is 0. The highest BCUT2D eigenvalue weighted by atomic mass is 16.6. The molecule has 1 fully saturated rings. The van der Waals surface area contributed by atoms with Crippen LogP contribution in [0.4, 0.5) is 4.79 Å². The van der Waals surface area contributed by atoms with Crippen LogP contribution < -0.4 is 0 Å². The Hall–Kier alpha value is -2.13. The summed E-state index contributed by atoms with van der Waals surface area (Å²) < 4.78 is 5.29. The summed E-state index contributed by atoms with van der Waals surface area (Å²) >= 11 is 0. The molecule has 0 saturated carbocycles. The predicted octanol–water partition coefficient (Wildman–Crippen LogP) is 2.72. The van der Waals surface area contributed by atoms with Crippen molar-refractivity contribution >= 4 is 12.2 Å². The van der Waals surface area contributed by atoms with E-state index in [-0.39, 0.29) is 6.61 Å². The van der Waals surface area contributed by atoms with Crippen LogP contribution in [-0.4, -0.2) is 29.8 Å². The van der Waals surface area contributed by atoms with E-state index in [2.05, 4.69) is 11.9 Å². The molecular formula is C15H18N2O3. The molecule has 5 heteroatoms. The van der Waals surface area contributed by atoms with E-state index in [1.807, 2.05) is 30.3 Å². The summed E-state index contributed by atoms with van der Waals surface area (Å²) in [5.74, 6) is 0.386. The average molecular weight is 274 g/mol. The van der Waals surface area contributed by atoms with Crippen LogP contribution in [0, 0.1) is 5.92 Å². The first-order valence-corrected chi connectivity index (χ1v) is 6.75. The van der Waals surface area contributed by atoms with Crippen molar-refractivity contribution < 1.29 is 14.3 Å².